The van der Waals surface area contributed by atoms with Crippen molar-refractivity contribution in [2.45, 2.75) is 19.2 Å². The van der Waals surface area contributed by atoms with Crippen LogP contribution in [0.4, 0.5) is 13.2 Å². The Morgan fingerprint density at radius 1 is 1.28 bits per heavy atom. The van der Waals surface area contributed by atoms with Gasteiger partial charge in [-0.05, 0) is 24.6 Å². The molecule has 0 aliphatic heterocycles. The number of rotatable bonds is 3. The van der Waals surface area contributed by atoms with E-state index in [1.54, 1.807) is 0 Å². The lowest BCUT2D eigenvalue weighted by Gasteiger charge is -2.17. The first-order valence-corrected chi connectivity index (χ1v) is 5.20. The molecule has 2 atom stereocenters. The Morgan fingerprint density at radius 3 is 2.17 bits per heavy atom. The Balaban J connectivity index is 2.89. The summed E-state index contributed by atoms with van der Waals surface area (Å²) in [5, 5.41) is 9.80. The standard InChI is InChI=1S/C12H13F3O3/c1-7(11(17)18-2)10(16)8-3-5-9(6-4-8)12(13,14)15/h3-7,10,16H,1-2H3/t7-,10-/m0/s1. The van der Waals surface area contributed by atoms with E-state index >= 15 is 0 Å². The maximum Gasteiger partial charge on any atom is 0.416 e. The molecular formula is C12H13F3O3. The SMILES string of the molecule is COC(=O)[C@@H](C)[C@H](O)c1ccc(C(F)(F)F)cc1. The highest BCUT2D eigenvalue weighted by Crippen LogP contribution is 2.31. The van der Waals surface area contributed by atoms with E-state index in [1.807, 2.05) is 0 Å². The van der Waals surface area contributed by atoms with Gasteiger partial charge in [0.1, 0.15) is 0 Å². The van der Waals surface area contributed by atoms with E-state index in [9.17, 15) is 23.1 Å². The van der Waals surface area contributed by atoms with E-state index in [0.29, 0.717) is 0 Å². The molecule has 0 amide bonds. The summed E-state index contributed by atoms with van der Waals surface area (Å²) in [7, 11) is 1.18. The molecule has 1 aromatic carbocycles. The van der Waals surface area contributed by atoms with Crippen molar-refractivity contribution in [2.75, 3.05) is 7.11 Å². The first-order valence-electron chi connectivity index (χ1n) is 5.20. The lowest BCUT2D eigenvalue weighted by Crippen LogP contribution is -2.20. The van der Waals surface area contributed by atoms with Crippen molar-refractivity contribution in [2.24, 2.45) is 5.92 Å². The molecule has 0 aromatic heterocycles. The molecule has 100 valence electrons. The van der Waals surface area contributed by atoms with Gasteiger partial charge in [0.15, 0.2) is 0 Å². The minimum Gasteiger partial charge on any atom is -0.469 e. The molecule has 1 N–H and O–H groups in total. The third-order valence-corrected chi connectivity index (χ3v) is 2.63. The molecule has 1 aromatic rings. The van der Waals surface area contributed by atoms with E-state index in [1.165, 1.54) is 14.0 Å². The van der Waals surface area contributed by atoms with Crippen LogP contribution in [0.2, 0.25) is 0 Å². The molecule has 1 rings (SSSR count). The predicted octanol–water partition coefficient (Wildman–Crippen LogP) is 2.55. The molecule has 0 aliphatic carbocycles. The maximum absolute atomic E-state index is 12.3. The van der Waals surface area contributed by atoms with Crippen LogP contribution in [0.5, 0.6) is 0 Å². The Bertz CT molecular complexity index is 412. The van der Waals surface area contributed by atoms with Crippen molar-refractivity contribution in [1.82, 2.24) is 0 Å². The van der Waals surface area contributed by atoms with E-state index in [2.05, 4.69) is 4.74 Å². The fraction of sp³-hybridized carbons (Fsp3) is 0.417. The minimum absolute atomic E-state index is 0.237. The third-order valence-electron chi connectivity index (χ3n) is 2.63. The number of carbonyl (C=O) groups is 1. The zero-order chi connectivity index (χ0) is 13.9. The fourth-order valence-corrected chi connectivity index (χ4v) is 1.47. The van der Waals surface area contributed by atoms with E-state index in [0.717, 1.165) is 24.3 Å². The van der Waals surface area contributed by atoms with Gasteiger partial charge >= 0.3 is 12.1 Å². The molecule has 0 fully saturated rings. The third kappa shape index (κ3) is 3.22. The average Bonchev–Trinajstić information content (AvgIpc) is 2.35. The normalized spacial score (nSPS) is 15.0. The second kappa shape index (κ2) is 5.39. The second-order valence-electron chi connectivity index (χ2n) is 3.88. The number of carbonyl (C=O) groups excluding carboxylic acids is 1. The van der Waals surface area contributed by atoms with Gasteiger partial charge in [0, 0.05) is 0 Å². The van der Waals surface area contributed by atoms with E-state index in [-0.39, 0.29) is 5.56 Å². The van der Waals surface area contributed by atoms with Gasteiger partial charge in [0.2, 0.25) is 0 Å². The van der Waals surface area contributed by atoms with Gasteiger partial charge in [-0.25, -0.2) is 0 Å². The van der Waals surface area contributed by atoms with Gasteiger partial charge in [-0.15, -0.1) is 0 Å². The van der Waals surface area contributed by atoms with E-state index in [4.69, 9.17) is 0 Å². The Morgan fingerprint density at radius 2 is 1.78 bits per heavy atom. The highest BCUT2D eigenvalue weighted by molar-refractivity contribution is 5.72. The van der Waals surface area contributed by atoms with Gasteiger partial charge in [-0.3, -0.25) is 4.79 Å². The first-order chi connectivity index (χ1) is 8.27. The van der Waals surface area contributed by atoms with Crippen molar-refractivity contribution in [3.63, 3.8) is 0 Å². The summed E-state index contributed by atoms with van der Waals surface area (Å²) in [5.74, 6) is -1.46. The lowest BCUT2D eigenvalue weighted by molar-refractivity contribution is -0.148. The zero-order valence-corrected chi connectivity index (χ0v) is 9.86. The number of halogens is 3. The number of aliphatic hydroxyl groups is 1. The lowest BCUT2D eigenvalue weighted by atomic mass is 9.96. The highest BCUT2D eigenvalue weighted by atomic mass is 19.4. The summed E-state index contributed by atoms with van der Waals surface area (Å²) in [6.45, 7) is 1.44. The van der Waals surface area contributed by atoms with Crippen molar-refractivity contribution >= 4 is 5.97 Å². The molecule has 0 aliphatic rings. The summed E-state index contributed by atoms with van der Waals surface area (Å²) < 4.78 is 41.4. The quantitative estimate of drug-likeness (QED) is 0.851. The summed E-state index contributed by atoms with van der Waals surface area (Å²) >= 11 is 0. The van der Waals surface area contributed by atoms with Crippen LogP contribution in [0.1, 0.15) is 24.2 Å². The first kappa shape index (κ1) is 14.5. The maximum atomic E-state index is 12.3. The number of methoxy groups -OCH3 is 1. The van der Waals surface area contributed by atoms with Crippen LogP contribution in [0.15, 0.2) is 24.3 Å². The number of ether oxygens (including phenoxy) is 1. The van der Waals surface area contributed by atoms with E-state index < -0.39 is 29.7 Å². The predicted molar refractivity (Wildman–Crippen MR) is 57.6 cm³/mol. The van der Waals surface area contributed by atoms with Crippen LogP contribution in [-0.2, 0) is 15.7 Å². The van der Waals surface area contributed by atoms with Crippen molar-refractivity contribution < 1.29 is 27.8 Å². The molecule has 0 saturated heterocycles. The average molecular weight is 262 g/mol. The molecule has 0 heterocycles. The Hall–Kier alpha value is -1.56. The molecule has 6 heteroatoms. The van der Waals surface area contributed by atoms with Crippen LogP contribution in [0.3, 0.4) is 0 Å². The second-order valence-corrected chi connectivity index (χ2v) is 3.88. The van der Waals surface area contributed by atoms with Gasteiger partial charge in [-0.1, -0.05) is 12.1 Å². The smallest absolute Gasteiger partial charge is 0.416 e. The van der Waals surface area contributed by atoms with Crippen molar-refractivity contribution in [3.05, 3.63) is 35.4 Å². The number of benzene rings is 1. The van der Waals surface area contributed by atoms with Crippen LogP contribution >= 0.6 is 0 Å². The van der Waals surface area contributed by atoms with Gasteiger partial charge in [0.05, 0.1) is 24.7 Å². The molecule has 0 bridgehead atoms. The molecule has 0 spiro atoms. The molecule has 0 saturated carbocycles. The number of esters is 1. The van der Waals surface area contributed by atoms with Gasteiger partial charge < -0.3 is 9.84 Å². The monoisotopic (exact) mass is 262 g/mol. The van der Waals surface area contributed by atoms with Crippen LogP contribution in [-0.4, -0.2) is 18.2 Å². The van der Waals surface area contributed by atoms with Gasteiger partial charge in [-0.2, -0.15) is 13.2 Å². The summed E-state index contributed by atoms with van der Waals surface area (Å²) in [6, 6.07) is 4.02. The molecular weight excluding hydrogens is 249 g/mol. The summed E-state index contributed by atoms with van der Waals surface area (Å²) in [4.78, 5) is 11.2. The fourth-order valence-electron chi connectivity index (χ4n) is 1.47. The van der Waals surface area contributed by atoms with Crippen molar-refractivity contribution in [3.8, 4) is 0 Å². The molecule has 18 heavy (non-hydrogen) atoms. The number of hydrogen-bond acceptors (Lipinski definition) is 3. The number of aliphatic hydroxyl groups excluding tert-OH is 1. The topological polar surface area (TPSA) is 46.5 Å². The van der Waals surface area contributed by atoms with Crippen LogP contribution in [0, 0.1) is 5.92 Å². The number of alkyl halides is 3. The minimum atomic E-state index is -4.42. The highest BCUT2D eigenvalue weighted by Gasteiger charge is 2.31. The van der Waals surface area contributed by atoms with Gasteiger partial charge in [0.25, 0.3) is 0 Å². The van der Waals surface area contributed by atoms with Crippen LogP contribution in [0.25, 0.3) is 0 Å². The molecule has 0 radical (unpaired) electrons. The Kier molecular flexibility index (Phi) is 4.34. The largest absolute Gasteiger partial charge is 0.469 e. The number of hydrogen-bond donors (Lipinski definition) is 1. The summed E-state index contributed by atoms with van der Waals surface area (Å²) in [5.41, 5.74) is -0.565. The van der Waals surface area contributed by atoms with Crippen molar-refractivity contribution in [1.29, 1.82) is 0 Å². The summed E-state index contributed by atoms with van der Waals surface area (Å²) in [6.07, 6.45) is -5.61. The zero-order valence-electron chi connectivity index (χ0n) is 9.86. The molecule has 0 unspecified atom stereocenters. The Labute approximate surface area is 102 Å². The van der Waals surface area contributed by atoms with Crippen LogP contribution < -0.4 is 0 Å². The molecule has 3 nitrogen and oxygen atoms in total.